The number of carbonyl (C=O) groups excluding carboxylic acids is 2. The van der Waals surface area contributed by atoms with Gasteiger partial charge in [-0.15, -0.1) is 0 Å². The predicted octanol–water partition coefficient (Wildman–Crippen LogP) is -0.346. The van der Waals surface area contributed by atoms with Gasteiger partial charge in [-0.25, -0.2) is 0 Å². The Morgan fingerprint density at radius 3 is 2.75 bits per heavy atom. The van der Waals surface area contributed by atoms with Gasteiger partial charge in [0.05, 0.1) is 12.6 Å². The van der Waals surface area contributed by atoms with Crippen LogP contribution < -0.4 is 5.32 Å². The second-order valence-electron chi connectivity index (χ2n) is 5.05. The molecule has 1 atom stereocenters. The zero-order valence-electron chi connectivity index (χ0n) is 11.9. The molecule has 0 aromatic carbocycles. The van der Waals surface area contributed by atoms with Crippen molar-refractivity contribution in [3.8, 4) is 0 Å². The van der Waals surface area contributed by atoms with Crippen LogP contribution in [0, 0.1) is 0 Å². The van der Waals surface area contributed by atoms with Crippen LogP contribution in [0.5, 0.6) is 0 Å². The van der Waals surface area contributed by atoms with E-state index < -0.39 is 5.91 Å². The van der Waals surface area contributed by atoms with Gasteiger partial charge >= 0.3 is 0 Å². The maximum atomic E-state index is 12.1. The van der Waals surface area contributed by atoms with Crippen molar-refractivity contribution in [2.24, 2.45) is 0 Å². The maximum absolute atomic E-state index is 12.1. The molecule has 2 rings (SSSR count). The Kier molecular flexibility index (Phi) is 4.33. The molecule has 1 aromatic heterocycles. The summed E-state index contributed by atoms with van der Waals surface area (Å²) in [6.45, 7) is 0.894. The van der Waals surface area contributed by atoms with E-state index >= 15 is 0 Å². The number of nitrogens with one attached hydrogen (secondary N) is 1. The summed E-state index contributed by atoms with van der Waals surface area (Å²) < 4.78 is 5.11. The summed E-state index contributed by atoms with van der Waals surface area (Å²) in [6, 6.07) is 0.0257. The predicted molar refractivity (Wildman–Crippen MR) is 69.9 cm³/mol. The van der Waals surface area contributed by atoms with Crippen LogP contribution in [0.1, 0.15) is 35.4 Å². The van der Waals surface area contributed by atoms with Gasteiger partial charge in [0, 0.05) is 21.1 Å². The second kappa shape index (κ2) is 6.00. The van der Waals surface area contributed by atoms with E-state index in [1.807, 2.05) is 0 Å². The van der Waals surface area contributed by atoms with Crippen molar-refractivity contribution < 1.29 is 14.1 Å². The van der Waals surface area contributed by atoms with Crippen LogP contribution in [0.3, 0.4) is 0 Å². The first-order valence-electron chi connectivity index (χ1n) is 6.51. The van der Waals surface area contributed by atoms with Gasteiger partial charge in [0.25, 0.3) is 11.7 Å². The lowest BCUT2D eigenvalue weighted by atomic mass is 10.2. The van der Waals surface area contributed by atoms with Gasteiger partial charge < -0.3 is 19.6 Å². The lowest BCUT2D eigenvalue weighted by Gasteiger charge is -2.17. The molecule has 0 bridgehead atoms. The monoisotopic (exact) mass is 281 g/mol. The Bertz CT molecular complexity index is 493. The number of nitrogens with zero attached hydrogens (tertiary/aromatic N) is 4. The van der Waals surface area contributed by atoms with Crippen molar-refractivity contribution in [3.63, 3.8) is 0 Å². The lowest BCUT2D eigenvalue weighted by Crippen LogP contribution is -2.38. The van der Waals surface area contributed by atoms with E-state index in [-0.39, 0.29) is 24.3 Å². The molecule has 0 spiro atoms. The molecule has 8 heteroatoms. The molecule has 2 amide bonds. The van der Waals surface area contributed by atoms with Crippen LogP contribution in [-0.2, 0) is 4.79 Å². The molecule has 1 unspecified atom stereocenters. The largest absolute Gasteiger partial charge is 0.347 e. The Balaban J connectivity index is 2.00. The van der Waals surface area contributed by atoms with Crippen LogP contribution in [-0.4, -0.2) is 66.0 Å². The molecule has 1 N–H and O–H groups in total. The van der Waals surface area contributed by atoms with Gasteiger partial charge in [-0.05, 0) is 19.4 Å². The van der Waals surface area contributed by atoms with Gasteiger partial charge in [-0.3, -0.25) is 9.59 Å². The summed E-state index contributed by atoms with van der Waals surface area (Å²) in [5, 5.41) is 6.91. The number of likely N-dealkylation sites (N-methyl/N-ethyl adjacent to an activating group) is 2. The molecule has 20 heavy (non-hydrogen) atoms. The third-order valence-electron chi connectivity index (χ3n) is 3.21. The highest BCUT2D eigenvalue weighted by atomic mass is 16.5. The maximum Gasteiger partial charge on any atom is 0.295 e. The summed E-state index contributed by atoms with van der Waals surface area (Å²) in [7, 11) is 4.81. The molecule has 0 aliphatic carbocycles. The minimum atomic E-state index is -0.423. The highest BCUT2D eigenvalue weighted by Crippen LogP contribution is 2.21. The molecule has 8 nitrogen and oxygen atoms in total. The van der Waals surface area contributed by atoms with Gasteiger partial charge in [0.15, 0.2) is 0 Å². The van der Waals surface area contributed by atoms with Gasteiger partial charge in [-0.2, -0.15) is 4.98 Å². The lowest BCUT2D eigenvalue weighted by molar-refractivity contribution is -0.129. The Hall–Kier alpha value is -1.96. The smallest absolute Gasteiger partial charge is 0.295 e. The van der Waals surface area contributed by atoms with Crippen molar-refractivity contribution in [1.82, 2.24) is 25.3 Å². The highest BCUT2D eigenvalue weighted by Gasteiger charge is 2.26. The Labute approximate surface area is 117 Å². The zero-order chi connectivity index (χ0) is 14.7. The molecule has 1 fully saturated rings. The van der Waals surface area contributed by atoms with Gasteiger partial charge in [-0.1, -0.05) is 5.16 Å². The topological polar surface area (TPSA) is 91.6 Å². The molecule has 1 aliphatic rings. The number of aromatic nitrogens is 2. The summed E-state index contributed by atoms with van der Waals surface area (Å²) in [4.78, 5) is 30.5. The minimum Gasteiger partial charge on any atom is -0.347 e. The van der Waals surface area contributed by atoms with E-state index in [1.165, 1.54) is 16.8 Å². The molecule has 0 radical (unpaired) electrons. The van der Waals surface area contributed by atoms with Crippen LogP contribution >= 0.6 is 0 Å². The number of amides is 2. The van der Waals surface area contributed by atoms with Crippen molar-refractivity contribution in [2.45, 2.75) is 18.9 Å². The molecule has 1 saturated heterocycles. The van der Waals surface area contributed by atoms with Crippen LogP contribution in [0.15, 0.2) is 4.52 Å². The van der Waals surface area contributed by atoms with Crippen molar-refractivity contribution in [3.05, 3.63) is 11.7 Å². The molecule has 2 heterocycles. The summed E-state index contributed by atoms with van der Waals surface area (Å²) in [5.74, 6) is -0.170. The van der Waals surface area contributed by atoms with E-state index in [4.69, 9.17) is 4.52 Å². The van der Waals surface area contributed by atoms with E-state index in [2.05, 4.69) is 15.5 Å². The minimum absolute atomic E-state index is 0.0113. The SMILES string of the molecule is CN(C)C(=O)CN(C)C(=O)c1noc(C2CCCN2)n1. The normalized spacial score (nSPS) is 18.1. The average molecular weight is 281 g/mol. The Morgan fingerprint density at radius 1 is 1.40 bits per heavy atom. The fourth-order valence-corrected chi connectivity index (χ4v) is 1.95. The summed E-state index contributed by atoms with van der Waals surface area (Å²) in [5.41, 5.74) is 0. The molecular weight excluding hydrogens is 262 g/mol. The molecular formula is C12H19N5O3. The molecule has 1 aromatic rings. The van der Waals surface area contributed by atoms with E-state index in [1.54, 1.807) is 14.1 Å². The number of hydrogen-bond donors (Lipinski definition) is 1. The van der Waals surface area contributed by atoms with Gasteiger partial charge in [0.2, 0.25) is 11.8 Å². The van der Waals surface area contributed by atoms with Crippen molar-refractivity contribution in [1.29, 1.82) is 0 Å². The van der Waals surface area contributed by atoms with Crippen molar-refractivity contribution in [2.75, 3.05) is 34.2 Å². The van der Waals surface area contributed by atoms with Crippen LogP contribution in [0.2, 0.25) is 0 Å². The first kappa shape index (κ1) is 14.4. The quantitative estimate of drug-likeness (QED) is 0.811. The third-order valence-corrected chi connectivity index (χ3v) is 3.21. The fraction of sp³-hybridized carbons (Fsp3) is 0.667. The number of carbonyl (C=O) groups is 2. The highest BCUT2D eigenvalue weighted by molar-refractivity contribution is 5.93. The molecule has 110 valence electrons. The fourth-order valence-electron chi connectivity index (χ4n) is 1.95. The van der Waals surface area contributed by atoms with Crippen molar-refractivity contribution >= 4 is 11.8 Å². The Morgan fingerprint density at radius 2 is 2.15 bits per heavy atom. The van der Waals surface area contributed by atoms with Crippen LogP contribution in [0.4, 0.5) is 0 Å². The van der Waals surface area contributed by atoms with Gasteiger partial charge in [0.1, 0.15) is 0 Å². The zero-order valence-corrected chi connectivity index (χ0v) is 11.9. The van der Waals surface area contributed by atoms with E-state index in [0.717, 1.165) is 19.4 Å². The summed E-state index contributed by atoms with van der Waals surface area (Å²) in [6.07, 6.45) is 1.97. The second-order valence-corrected chi connectivity index (χ2v) is 5.05. The first-order valence-corrected chi connectivity index (χ1v) is 6.51. The first-order chi connectivity index (χ1) is 9.49. The standard InChI is InChI=1S/C12H19N5O3/c1-16(2)9(18)7-17(3)12(19)10-14-11(20-15-10)8-5-4-6-13-8/h8,13H,4-7H2,1-3H3. The summed E-state index contributed by atoms with van der Waals surface area (Å²) >= 11 is 0. The van der Waals surface area contributed by atoms with E-state index in [9.17, 15) is 9.59 Å². The average Bonchev–Trinajstić information content (AvgIpc) is 3.07. The number of hydrogen-bond acceptors (Lipinski definition) is 6. The van der Waals surface area contributed by atoms with E-state index in [0.29, 0.717) is 5.89 Å². The molecule has 1 aliphatic heterocycles. The van der Waals surface area contributed by atoms with Crippen LogP contribution in [0.25, 0.3) is 0 Å². The number of rotatable bonds is 4. The molecule has 0 saturated carbocycles. The third kappa shape index (κ3) is 3.13.